The zero-order valence-corrected chi connectivity index (χ0v) is 15.3. The molecule has 1 atom stereocenters. The molecule has 0 bridgehead atoms. The highest BCUT2D eigenvalue weighted by molar-refractivity contribution is 7.88. The number of ether oxygens (including phenoxy) is 1. The summed E-state index contributed by atoms with van der Waals surface area (Å²) in [4.78, 5) is 11.9. The first-order valence-corrected chi connectivity index (χ1v) is 9.81. The first-order chi connectivity index (χ1) is 11.9. The van der Waals surface area contributed by atoms with Crippen molar-refractivity contribution in [2.75, 3.05) is 6.61 Å². The van der Waals surface area contributed by atoms with Crippen molar-refractivity contribution in [1.82, 2.24) is 4.72 Å². The number of nitrogens with one attached hydrogen (secondary N) is 1. The number of sulfonamides is 1. The normalized spacial score (nSPS) is 12.6. The van der Waals surface area contributed by atoms with Crippen molar-refractivity contribution in [1.29, 1.82) is 0 Å². The SMILES string of the molecule is CCOC(=O)C[C@@H](NS(=O)(=O)Cc1ccccc1)c1ccc(C)cc1. The summed E-state index contributed by atoms with van der Waals surface area (Å²) in [7, 11) is -3.61. The van der Waals surface area contributed by atoms with Crippen LogP contribution < -0.4 is 4.72 Å². The molecule has 0 saturated heterocycles. The summed E-state index contributed by atoms with van der Waals surface area (Å²) in [5, 5.41) is 0. The fourth-order valence-corrected chi connectivity index (χ4v) is 3.83. The summed E-state index contributed by atoms with van der Waals surface area (Å²) < 4.78 is 32.7. The van der Waals surface area contributed by atoms with Crippen molar-refractivity contribution in [2.45, 2.75) is 32.1 Å². The Morgan fingerprint density at radius 3 is 2.32 bits per heavy atom. The van der Waals surface area contributed by atoms with Gasteiger partial charge < -0.3 is 4.74 Å². The molecule has 1 N–H and O–H groups in total. The Morgan fingerprint density at radius 2 is 1.72 bits per heavy atom. The molecule has 0 amide bonds. The van der Waals surface area contributed by atoms with Gasteiger partial charge >= 0.3 is 5.97 Å². The summed E-state index contributed by atoms with van der Waals surface area (Å²) in [6, 6.07) is 15.7. The van der Waals surface area contributed by atoms with Gasteiger partial charge in [0, 0.05) is 0 Å². The minimum Gasteiger partial charge on any atom is -0.466 e. The Morgan fingerprint density at radius 1 is 1.08 bits per heavy atom. The summed E-state index contributed by atoms with van der Waals surface area (Å²) in [5.74, 6) is -0.575. The average Bonchev–Trinajstić information content (AvgIpc) is 2.55. The molecular weight excluding hydrogens is 338 g/mol. The molecule has 0 heterocycles. The third kappa shape index (κ3) is 6.32. The second-order valence-corrected chi connectivity index (χ2v) is 7.59. The first kappa shape index (κ1) is 19.1. The molecule has 0 aliphatic carbocycles. The summed E-state index contributed by atoms with van der Waals surface area (Å²) >= 11 is 0. The lowest BCUT2D eigenvalue weighted by Crippen LogP contribution is -2.31. The largest absolute Gasteiger partial charge is 0.466 e. The number of rotatable bonds is 8. The molecule has 0 fully saturated rings. The number of esters is 1. The van der Waals surface area contributed by atoms with Crippen molar-refractivity contribution in [3.63, 3.8) is 0 Å². The molecule has 0 aromatic heterocycles. The van der Waals surface area contributed by atoms with Gasteiger partial charge in [-0.25, -0.2) is 13.1 Å². The highest BCUT2D eigenvalue weighted by Gasteiger charge is 2.23. The molecule has 25 heavy (non-hydrogen) atoms. The van der Waals surface area contributed by atoms with Crippen LogP contribution in [0.15, 0.2) is 54.6 Å². The minimum atomic E-state index is -3.61. The van der Waals surface area contributed by atoms with Gasteiger partial charge in [-0.05, 0) is 25.0 Å². The molecular formula is C19H23NO4S. The Bertz CT molecular complexity index is 786. The van der Waals surface area contributed by atoms with Gasteiger partial charge in [0.25, 0.3) is 0 Å². The van der Waals surface area contributed by atoms with Crippen molar-refractivity contribution in [2.24, 2.45) is 0 Å². The average molecular weight is 361 g/mol. The fourth-order valence-electron chi connectivity index (χ4n) is 2.46. The third-order valence-corrected chi connectivity index (χ3v) is 5.03. The van der Waals surface area contributed by atoms with Crippen LogP contribution in [0.1, 0.15) is 36.1 Å². The van der Waals surface area contributed by atoms with Crippen LogP contribution in [0, 0.1) is 6.92 Å². The molecule has 134 valence electrons. The minimum absolute atomic E-state index is 0.0507. The topological polar surface area (TPSA) is 72.5 Å². The van der Waals surface area contributed by atoms with Crippen LogP contribution in [0.2, 0.25) is 0 Å². The Kier molecular flexibility index (Phi) is 6.73. The molecule has 2 rings (SSSR count). The molecule has 6 heteroatoms. The standard InChI is InChI=1S/C19H23NO4S/c1-3-24-19(21)13-18(17-11-9-15(2)10-12-17)20-25(22,23)14-16-7-5-4-6-8-16/h4-12,18,20H,3,13-14H2,1-2H3/t18-/m1/s1. The van der Waals surface area contributed by atoms with Crippen LogP contribution in [-0.2, 0) is 25.3 Å². The number of hydrogen-bond donors (Lipinski definition) is 1. The predicted molar refractivity (Wildman–Crippen MR) is 97.4 cm³/mol. The smallest absolute Gasteiger partial charge is 0.307 e. The zero-order valence-electron chi connectivity index (χ0n) is 14.4. The van der Waals surface area contributed by atoms with E-state index in [2.05, 4.69) is 4.72 Å². The number of carbonyl (C=O) groups excluding carboxylic acids is 1. The van der Waals surface area contributed by atoms with E-state index >= 15 is 0 Å². The number of benzene rings is 2. The van der Waals surface area contributed by atoms with Gasteiger partial charge in [-0.1, -0.05) is 60.2 Å². The molecule has 0 aliphatic rings. The summed E-state index contributed by atoms with van der Waals surface area (Å²) in [6.07, 6.45) is -0.0507. The van der Waals surface area contributed by atoms with Gasteiger partial charge in [0.05, 0.1) is 24.8 Å². The predicted octanol–water partition coefficient (Wildman–Crippen LogP) is 3.11. The maximum Gasteiger partial charge on any atom is 0.307 e. The highest BCUT2D eigenvalue weighted by atomic mass is 32.2. The Balaban J connectivity index is 2.19. The third-order valence-electron chi connectivity index (χ3n) is 3.68. The summed E-state index contributed by atoms with van der Waals surface area (Å²) in [6.45, 7) is 3.93. The molecule has 2 aromatic rings. The van der Waals surface area contributed by atoms with Crippen molar-refractivity contribution in [3.8, 4) is 0 Å². The quantitative estimate of drug-likeness (QED) is 0.733. The lowest BCUT2D eigenvalue weighted by molar-refractivity contribution is -0.143. The van der Waals surface area contributed by atoms with Crippen LogP contribution in [0.4, 0.5) is 0 Å². The fraction of sp³-hybridized carbons (Fsp3) is 0.316. The van der Waals surface area contributed by atoms with Gasteiger partial charge in [-0.2, -0.15) is 0 Å². The van der Waals surface area contributed by atoms with E-state index in [-0.39, 0.29) is 18.8 Å². The van der Waals surface area contributed by atoms with E-state index in [0.29, 0.717) is 5.56 Å². The van der Waals surface area contributed by atoms with Crippen LogP contribution >= 0.6 is 0 Å². The van der Waals surface area contributed by atoms with E-state index in [1.807, 2.05) is 37.3 Å². The van der Waals surface area contributed by atoms with E-state index in [0.717, 1.165) is 11.1 Å². The van der Waals surface area contributed by atoms with Gasteiger partial charge in [0.2, 0.25) is 10.0 Å². The highest BCUT2D eigenvalue weighted by Crippen LogP contribution is 2.20. The van der Waals surface area contributed by atoms with E-state index < -0.39 is 22.0 Å². The maximum atomic E-state index is 12.5. The monoisotopic (exact) mass is 361 g/mol. The second kappa shape index (κ2) is 8.78. The second-order valence-electron chi connectivity index (χ2n) is 5.83. The van der Waals surface area contributed by atoms with Crippen LogP contribution in [0.25, 0.3) is 0 Å². The van der Waals surface area contributed by atoms with E-state index in [9.17, 15) is 13.2 Å². The number of aryl methyl sites for hydroxylation is 1. The molecule has 0 aliphatic heterocycles. The molecule has 0 unspecified atom stereocenters. The molecule has 0 saturated carbocycles. The Labute approximate surface area is 149 Å². The van der Waals surface area contributed by atoms with E-state index in [1.165, 1.54) is 0 Å². The lowest BCUT2D eigenvalue weighted by Gasteiger charge is -2.19. The van der Waals surface area contributed by atoms with Crippen LogP contribution in [0.5, 0.6) is 0 Å². The van der Waals surface area contributed by atoms with Crippen molar-refractivity contribution in [3.05, 3.63) is 71.3 Å². The molecule has 5 nitrogen and oxygen atoms in total. The van der Waals surface area contributed by atoms with Gasteiger partial charge in [-0.3, -0.25) is 4.79 Å². The van der Waals surface area contributed by atoms with Gasteiger partial charge in [0.1, 0.15) is 0 Å². The van der Waals surface area contributed by atoms with Crippen LogP contribution in [0.3, 0.4) is 0 Å². The van der Waals surface area contributed by atoms with E-state index in [1.54, 1.807) is 31.2 Å². The molecule has 2 aromatic carbocycles. The van der Waals surface area contributed by atoms with Crippen molar-refractivity contribution < 1.29 is 17.9 Å². The van der Waals surface area contributed by atoms with Gasteiger partial charge in [0.15, 0.2) is 0 Å². The number of hydrogen-bond acceptors (Lipinski definition) is 4. The zero-order chi connectivity index (χ0) is 18.3. The number of carbonyl (C=O) groups is 1. The first-order valence-electron chi connectivity index (χ1n) is 8.15. The summed E-state index contributed by atoms with van der Waals surface area (Å²) in [5.41, 5.74) is 2.48. The maximum absolute atomic E-state index is 12.5. The lowest BCUT2D eigenvalue weighted by atomic mass is 10.0. The molecule has 0 radical (unpaired) electrons. The molecule has 0 spiro atoms. The van der Waals surface area contributed by atoms with E-state index in [4.69, 9.17) is 4.74 Å². The Hall–Kier alpha value is -2.18. The van der Waals surface area contributed by atoms with Crippen molar-refractivity contribution >= 4 is 16.0 Å². The van der Waals surface area contributed by atoms with Gasteiger partial charge in [-0.15, -0.1) is 0 Å². The van der Waals surface area contributed by atoms with Crippen LogP contribution in [-0.4, -0.2) is 21.0 Å².